The van der Waals surface area contributed by atoms with Crippen molar-refractivity contribution >= 4 is 64.1 Å². The van der Waals surface area contributed by atoms with Gasteiger partial charge in [-0.3, -0.25) is 4.79 Å². The Morgan fingerprint density at radius 3 is 2.64 bits per heavy atom. The summed E-state index contributed by atoms with van der Waals surface area (Å²) in [6.07, 6.45) is 3.96. The second-order valence-electron chi connectivity index (χ2n) is 8.57. The smallest absolute Gasteiger partial charge is 0.227 e. The molecule has 2 aromatic heterocycles. The van der Waals surface area contributed by atoms with Crippen molar-refractivity contribution in [3.63, 3.8) is 0 Å². The Balaban J connectivity index is 1.39. The van der Waals surface area contributed by atoms with E-state index in [1.165, 1.54) is 5.69 Å². The van der Waals surface area contributed by atoms with E-state index < -0.39 is 0 Å². The zero-order valence-corrected chi connectivity index (χ0v) is 21.5. The molecule has 0 unspecified atom stereocenters. The van der Waals surface area contributed by atoms with Gasteiger partial charge in [0.1, 0.15) is 0 Å². The summed E-state index contributed by atoms with van der Waals surface area (Å²) in [4.78, 5) is 23.4. The van der Waals surface area contributed by atoms with Crippen molar-refractivity contribution in [2.45, 2.75) is 6.42 Å². The van der Waals surface area contributed by atoms with Gasteiger partial charge in [0, 0.05) is 60.8 Å². The van der Waals surface area contributed by atoms with Gasteiger partial charge in [-0.05, 0) is 42.2 Å². The predicted molar refractivity (Wildman–Crippen MR) is 149 cm³/mol. The highest BCUT2D eigenvalue weighted by Gasteiger charge is 2.16. The molecule has 1 fully saturated rings. The summed E-state index contributed by atoms with van der Waals surface area (Å²) in [5.74, 6) is 0.899. The van der Waals surface area contributed by atoms with Gasteiger partial charge in [-0.25, -0.2) is 9.97 Å². The Kier molecular flexibility index (Phi) is 7.31. The Morgan fingerprint density at radius 2 is 1.89 bits per heavy atom. The largest absolute Gasteiger partial charge is 0.378 e. The van der Waals surface area contributed by atoms with E-state index in [1.54, 1.807) is 6.20 Å². The van der Waals surface area contributed by atoms with E-state index in [0.717, 1.165) is 54.1 Å². The van der Waals surface area contributed by atoms with Crippen LogP contribution in [0.2, 0.25) is 5.02 Å². The van der Waals surface area contributed by atoms with Gasteiger partial charge in [0.05, 0.1) is 35.6 Å². The number of hydrogen-bond acceptors (Lipinski definition) is 7. The first kappa shape index (κ1) is 24.4. The number of thiol groups is 1. The number of fused-ring (bicyclic) bond motifs is 1. The Bertz CT molecular complexity index is 1390. The van der Waals surface area contributed by atoms with Gasteiger partial charge in [0.2, 0.25) is 11.9 Å². The Morgan fingerprint density at radius 1 is 1.14 bits per heavy atom. The van der Waals surface area contributed by atoms with Crippen LogP contribution >= 0.6 is 24.2 Å². The molecule has 10 heteroatoms. The number of hydrogen-bond donors (Lipinski definition) is 3. The van der Waals surface area contributed by atoms with Crippen molar-refractivity contribution in [2.75, 3.05) is 47.6 Å². The van der Waals surface area contributed by atoms with E-state index in [4.69, 9.17) is 21.3 Å². The number of amides is 1. The first-order valence-electron chi connectivity index (χ1n) is 11.7. The van der Waals surface area contributed by atoms with E-state index in [1.807, 2.05) is 48.1 Å². The van der Waals surface area contributed by atoms with E-state index in [2.05, 4.69) is 45.3 Å². The number of carbonyl (C=O) groups excluding carboxylic acids is 1. The molecule has 0 spiro atoms. The zero-order valence-electron chi connectivity index (χ0n) is 19.9. The summed E-state index contributed by atoms with van der Waals surface area (Å²) in [6, 6.07) is 14.0. The summed E-state index contributed by atoms with van der Waals surface area (Å²) < 4.78 is 7.43. The standard InChI is InChI=1S/C26H27ClN6O2S/c1-32-16-21(20-7-4-18(14-23(20)32)29-24(34)8-13-36)25-22(27)15-28-26(31-25)30-17-2-5-19(6-3-17)33-9-11-35-12-10-33/h2-7,14-16,36H,8-13H2,1H3,(H,29,34)(H,28,30,31). The fourth-order valence-electron chi connectivity index (χ4n) is 4.30. The lowest BCUT2D eigenvalue weighted by Gasteiger charge is -2.28. The van der Waals surface area contributed by atoms with Crippen molar-refractivity contribution in [3.05, 3.63) is 59.9 Å². The van der Waals surface area contributed by atoms with Crippen LogP contribution in [-0.4, -0.2) is 52.5 Å². The van der Waals surface area contributed by atoms with E-state index >= 15 is 0 Å². The van der Waals surface area contributed by atoms with E-state index in [9.17, 15) is 4.79 Å². The topological polar surface area (TPSA) is 84.3 Å². The number of aryl methyl sites for hydroxylation is 1. The molecule has 5 rings (SSSR count). The van der Waals surface area contributed by atoms with Gasteiger partial charge in [0.15, 0.2) is 0 Å². The molecule has 0 aliphatic carbocycles. The number of carbonyl (C=O) groups is 1. The highest BCUT2D eigenvalue weighted by Crippen LogP contribution is 2.35. The minimum Gasteiger partial charge on any atom is -0.378 e. The van der Waals surface area contributed by atoms with Crippen molar-refractivity contribution < 1.29 is 9.53 Å². The molecule has 186 valence electrons. The van der Waals surface area contributed by atoms with E-state index in [-0.39, 0.29) is 5.91 Å². The fraction of sp³-hybridized carbons (Fsp3) is 0.269. The van der Waals surface area contributed by atoms with Crippen LogP contribution in [0.3, 0.4) is 0 Å². The summed E-state index contributed by atoms with van der Waals surface area (Å²) in [5, 5.41) is 7.63. The van der Waals surface area contributed by atoms with Crippen LogP contribution in [0.1, 0.15) is 6.42 Å². The molecule has 0 radical (unpaired) electrons. The number of anilines is 4. The molecule has 36 heavy (non-hydrogen) atoms. The van der Waals surface area contributed by atoms with Crippen molar-refractivity contribution in [2.24, 2.45) is 7.05 Å². The van der Waals surface area contributed by atoms with Gasteiger partial charge in [-0.2, -0.15) is 12.6 Å². The highest BCUT2D eigenvalue weighted by atomic mass is 35.5. The highest BCUT2D eigenvalue weighted by molar-refractivity contribution is 7.80. The van der Waals surface area contributed by atoms with Crippen LogP contribution in [0.25, 0.3) is 22.2 Å². The van der Waals surface area contributed by atoms with Crippen LogP contribution in [0.5, 0.6) is 0 Å². The average Bonchev–Trinajstić information content (AvgIpc) is 3.22. The minimum absolute atomic E-state index is 0.0636. The SMILES string of the molecule is Cn1cc(-c2nc(Nc3ccc(N4CCOCC4)cc3)ncc2Cl)c2ccc(NC(=O)CCS)cc21. The van der Waals surface area contributed by atoms with Crippen LogP contribution in [0.4, 0.5) is 23.0 Å². The first-order valence-corrected chi connectivity index (χ1v) is 12.8. The predicted octanol–water partition coefficient (Wildman–Crippen LogP) is 5.13. The molecule has 2 N–H and O–H groups in total. The maximum absolute atomic E-state index is 12.0. The molecular formula is C26H27ClN6O2S. The number of nitrogens with one attached hydrogen (secondary N) is 2. The molecule has 8 nitrogen and oxygen atoms in total. The summed E-state index contributed by atoms with van der Waals surface area (Å²) in [5.41, 5.74) is 5.27. The van der Waals surface area contributed by atoms with Crippen LogP contribution in [0.15, 0.2) is 54.9 Å². The number of aromatic nitrogens is 3. The number of halogens is 1. The van der Waals surface area contributed by atoms with Gasteiger partial charge < -0.3 is 24.8 Å². The van der Waals surface area contributed by atoms with Crippen LogP contribution in [-0.2, 0) is 16.6 Å². The molecule has 3 heterocycles. The number of nitrogens with zero attached hydrogens (tertiary/aromatic N) is 4. The first-order chi connectivity index (χ1) is 17.5. The minimum atomic E-state index is -0.0636. The van der Waals surface area contributed by atoms with Crippen molar-refractivity contribution in [1.82, 2.24) is 14.5 Å². The molecule has 0 saturated carbocycles. The van der Waals surface area contributed by atoms with Crippen LogP contribution < -0.4 is 15.5 Å². The third-order valence-corrected chi connectivity index (χ3v) is 6.61. The van der Waals surface area contributed by atoms with Gasteiger partial charge in [0.25, 0.3) is 0 Å². The van der Waals surface area contributed by atoms with E-state index in [0.29, 0.717) is 28.8 Å². The molecular weight excluding hydrogens is 496 g/mol. The number of rotatable bonds is 7. The lowest BCUT2D eigenvalue weighted by molar-refractivity contribution is -0.115. The van der Waals surface area contributed by atoms with Gasteiger partial charge in [-0.1, -0.05) is 17.7 Å². The maximum Gasteiger partial charge on any atom is 0.227 e. The van der Waals surface area contributed by atoms with Crippen molar-refractivity contribution in [3.8, 4) is 11.3 Å². The second kappa shape index (κ2) is 10.8. The number of ether oxygens (including phenoxy) is 1. The molecule has 1 aliphatic rings. The molecule has 0 atom stereocenters. The molecule has 1 aliphatic heterocycles. The zero-order chi connectivity index (χ0) is 25.1. The second-order valence-corrected chi connectivity index (χ2v) is 9.42. The number of benzene rings is 2. The molecule has 4 aromatic rings. The van der Waals surface area contributed by atoms with Crippen molar-refractivity contribution in [1.29, 1.82) is 0 Å². The third kappa shape index (κ3) is 5.28. The molecule has 1 amide bonds. The Labute approximate surface area is 220 Å². The number of morpholine rings is 1. The van der Waals surface area contributed by atoms with Gasteiger partial charge in [-0.15, -0.1) is 0 Å². The lowest BCUT2D eigenvalue weighted by atomic mass is 10.1. The van der Waals surface area contributed by atoms with Gasteiger partial charge >= 0.3 is 0 Å². The maximum atomic E-state index is 12.0. The summed E-state index contributed by atoms with van der Waals surface area (Å²) in [6.45, 7) is 3.29. The third-order valence-electron chi connectivity index (χ3n) is 6.11. The molecule has 0 bridgehead atoms. The average molecular weight is 523 g/mol. The summed E-state index contributed by atoms with van der Waals surface area (Å²) >= 11 is 10.7. The van der Waals surface area contributed by atoms with Crippen LogP contribution in [0, 0.1) is 0 Å². The summed E-state index contributed by atoms with van der Waals surface area (Å²) in [7, 11) is 1.95. The monoisotopic (exact) mass is 522 g/mol. The molecule has 2 aromatic carbocycles. The molecule has 1 saturated heterocycles. The normalized spacial score (nSPS) is 13.7. The Hall–Kier alpha value is -3.27. The lowest BCUT2D eigenvalue weighted by Crippen LogP contribution is -2.36. The quantitative estimate of drug-likeness (QED) is 0.292. The fourth-order valence-corrected chi connectivity index (χ4v) is 4.69.